The first-order valence-electron chi connectivity index (χ1n) is 5.93. The summed E-state index contributed by atoms with van der Waals surface area (Å²) in [6.07, 6.45) is 0. The van der Waals surface area contributed by atoms with E-state index in [0.29, 0.717) is 6.54 Å². The molecule has 1 aliphatic heterocycles. The van der Waals surface area contributed by atoms with E-state index in [1.807, 2.05) is 23.1 Å². The molecule has 4 nitrogen and oxygen atoms in total. The van der Waals surface area contributed by atoms with Gasteiger partial charge in [-0.15, -0.1) is 0 Å². The lowest BCUT2D eigenvalue weighted by Crippen LogP contribution is -2.44. The SMILES string of the molecule is CC(N)C(=O)N1CCN(C)Cc2ccccc21. The van der Waals surface area contributed by atoms with Crippen molar-refractivity contribution in [3.8, 4) is 0 Å². The van der Waals surface area contributed by atoms with Gasteiger partial charge >= 0.3 is 0 Å². The first-order valence-corrected chi connectivity index (χ1v) is 5.93. The Morgan fingerprint density at radius 1 is 1.35 bits per heavy atom. The lowest BCUT2D eigenvalue weighted by Gasteiger charge is -2.24. The molecule has 92 valence electrons. The number of anilines is 1. The van der Waals surface area contributed by atoms with Crippen LogP contribution in [0, 0.1) is 0 Å². The van der Waals surface area contributed by atoms with Gasteiger partial charge in [-0.2, -0.15) is 0 Å². The number of carbonyl (C=O) groups excluding carboxylic acids is 1. The smallest absolute Gasteiger partial charge is 0.243 e. The number of para-hydroxylation sites is 1. The minimum absolute atomic E-state index is 0.00671. The fraction of sp³-hybridized carbons (Fsp3) is 0.462. The predicted octanol–water partition coefficient (Wildman–Crippen LogP) is 0.812. The lowest BCUT2D eigenvalue weighted by molar-refractivity contribution is -0.119. The number of hydrogen-bond acceptors (Lipinski definition) is 3. The quantitative estimate of drug-likeness (QED) is 0.781. The van der Waals surface area contributed by atoms with Crippen LogP contribution in [0.4, 0.5) is 5.69 Å². The van der Waals surface area contributed by atoms with Crippen LogP contribution in [-0.4, -0.2) is 37.0 Å². The number of carbonyl (C=O) groups is 1. The van der Waals surface area contributed by atoms with Crippen LogP contribution in [0.5, 0.6) is 0 Å². The van der Waals surface area contributed by atoms with E-state index < -0.39 is 6.04 Å². The zero-order chi connectivity index (χ0) is 12.4. The van der Waals surface area contributed by atoms with Crippen molar-refractivity contribution in [2.24, 2.45) is 5.73 Å². The number of nitrogens with two attached hydrogens (primary N) is 1. The molecule has 2 rings (SSSR count). The molecule has 4 heteroatoms. The zero-order valence-electron chi connectivity index (χ0n) is 10.4. The van der Waals surface area contributed by atoms with Gasteiger partial charge in [-0.1, -0.05) is 18.2 Å². The summed E-state index contributed by atoms with van der Waals surface area (Å²) in [7, 11) is 2.07. The predicted molar refractivity (Wildman–Crippen MR) is 68.8 cm³/mol. The minimum Gasteiger partial charge on any atom is -0.320 e. The second kappa shape index (κ2) is 4.85. The number of nitrogens with zero attached hydrogens (tertiary/aromatic N) is 2. The number of benzene rings is 1. The first-order chi connectivity index (χ1) is 8.09. The summed E-state index contributed by atoms with van der Waals surface area (Å²) in [4.78, 5) is 16.1. The van der Waals surface area contributed by atoms with Gasteiger partial charge in [0.1, 0.15) is 0 Å². The third-order valence-electron chi connectivity index (χ3n) is 3.08. The molecule has 0 saturated heterocycles. The molecule has 0 radical (unpaired) electrons. The summed E-state index contributed by atoms with van der Waals surface area (Å²) in [5.41, 5.74) is 7.89. The molecule has 17 heavy (non-hydrogen) atoms. The Kier molecular flexibility index (Phi) is 3.45. The van der Waals surface area contributed by atoms with Crippen molar-refractivity contribution in [2.75, 3.05) is 25.0 Å². The third-order valence-corrected chi connectivity index (χ3v) is 3.08. The number of fused-ring (bicyclic) bond motifs is 1. The van der Waals surface area contributed by atoms with Crippen molar-refractivity contribution >= 4 is 11.6 Å². The van der Waals surface area contributed by atoms with Gasteiger partial charge in [0.05, 0.1) is 6.04 Å². The van der Waals surface area contributed by atoms with Crippen LogP contribution in [0.3, 0.4) is 0 Å². The van der Waals surface area contributed by atoms with E-state index in [4.69, 9.17) is 5.73 Å². The van der Waals surface area contributed by atoms with Crippen molar-refractivity contribution in [1.29, 1.82) is 0 Å². The van der Waals surface area contributed by atoms with Gasteiger partial charge in [0.2, 0.25) is 5.91 Å². The standard InChI is InChI=1S/C13H19N3O/c1-10(14)13(17)16-8-7-15(2)9-11-5-3-4-6-12(11)16/h3-6,10H,7-9,14H2,1-2H3. The van der Waals surface area contributed by atoms with Crippen molar-refractivity contribution in [3.63, 3.8) is 0 Å². The Bertz CT molecular complexity index is 417. The second-order valence-corrected chi connectivity index (χ2v) is 4.65. The largest absolute Gasteiger partial charge is 0.320 e. The van der Waals surface area contributed by atoms with Crippen LogP contribution < -0.4 is 10.6 Å². The molecule has 0 saturated carbocycles. The van der Waals surface area contributed by atoms with Crippen LogP contribution in [-0.2, 0) is 11.3 Å². The fourth-order valence-electron chi connectivity index (χ4n) is 2.14. The Balaban J connectivity index is 2.38. The fourth-order valence-corrected chi connectivity index (χ4v) is 2.14. The summed E-state index contributed by atoms with van der Waals surface area (Å²) in [6.45, 7) is 4.18. The number of rotatable bonds is 1. The van der Waals surface area contributed by atoms with Gasteiger partial charge < -0.3 is 15.5 Å². The highest BCUT2D eigenvalue weighted by Gasteiger charge is 2.24. The highest BCUT2D eigenvalue weighted by molar-refractivity contribution is 5.97. The molecule has 0 aliphatic carbocycles. The van der Waals surface area contributed by atoms with Gasteiger partial charge in [-0.3, -0.25) is 4.79 Å². The van der Waals surface area contributed by atoms with Crippen molar-refractivity contribution in [2.45, 2.75) is 19.5 Å². The molecule has 1 atom stereocenters. The highest BCUT2D eigenvalue weighted by atomic mass is 16.2. The molecular weight excluding hydrogens is 214 g/mol. The number of amides is 1. The van der Waals surface area contributed by atoms with Crippen LogP contribution >= 0.6 is 0 Å². The lowest BCUT2D eigenvalue weighted by atomic mass is 10.1. The summed E-state index contributed by atoms with van der Waals surface area (Å²) in [6, 6.07) is 7.58. The Morgan fingerprint density at radius 3 is 2.76 bits per heavy atom. The molecule has 1 aromatic carbocycles. The number of hydrogen-bond donors (Lipinski definition) is 1. The Labute approximate surface area is 102 Å². The summed E-state index contributed by atoms with van der Waals surface area (Å²) in [5.74, 6) is -0.00671. The molecule has 0 fully saturated rings. The van der Waals surface area contributed by atoms with Gasteiger partial charge in [0.15, 0.2) is 0 Å². The summed E-state index contributed by atoms with van der Waals surface area (Å²) < 4.78 is 0. The topological polar surface area (TPSA) is 49.6 Å². The normalized spacial score (nSPS) is 18.4. The van der Waals surface area contributed by atoms with E-state index in [2.05, 4.69) is 18.0 Å². The summed E-state index contributed by atoms with van der Waals surface area (Å²) >= 11 is 0. The number of likely N-dealkylation sites (N-methyl/N-ethyl adjacent to an activating group) is 1. The molecule has 0 bridgehead atoms. The zero-order valence-corrected chi connectivity index (χ0v) is 10.4. The summed E-state index contributed by atoms with van der Waals surface area (Å²) in [5, 5.41) is 0. The van der Waals surface area contributed by atoms with Crippen LogP contribution in [0.1, 0.15) is 12.5 Å². The average Bonchev–Trinajstić information content (AvgIpc) is 2.46. The molecule has 1 unspecified atom stereocenters. The van der Waals surface area contributed by atoms with Crippen LogP contribution in [0.15, 0.2) is 24.3 Å². The maximum absolute atomic E-state index is 12.1. The molecule has 0 aromatic heterocycles. The molecule has 1 heterocycles. The van der Waals surface area contributed by atoms with Crippen molar-refractivity contribution in [3.05, 3.63) is 29.8 Å². The van der Waals surface area contributed by atoms with Crippen molar-refractivity contribution < 1.29 is 4.79 Å². The third kappa shape index (κ3) is 2.48. The molecule has 1 amide bonds. The Hall–Kier alpha value is -1.39. The van der Waals surface area contributed by atoms with Crippen LogP contribution in [0.2, 0.25) is 0 Å². The maximum atomic E-state index is 12.1. The van der Waals surface area contributed by atoms with Gasteiger partial charge in [0.25, 0.3) is 0 Å². The average molecular weight is 233 g/mol. The molecule has 1 aromatic rings. The molecule has 2 N–H and O–H groups in total. The Morgan fingerprint density at radius 2 is 2.06 bits per heavy atom. The van der Waals surface area contributed by atoms with Gasteiger partial charge in [0, 0.05) is 25.3 Å². The molecular formula is C13H19N3O. The van der Waals surface area contributed by atoms with E-state index in [1.54, 1.807) is 6.92 Å². The van der Waals surface area contributed by atoms with Crippen LogP contribution in [0.25, 0.3) is 0 Å². The minimum atomic E-state index is -0.452. The van der Waals surface area contributed by atoms with E-state index >= 15 is 0 Å². The second-order valence-electron chi connectivity index (χ2n) is 4.65. The first kappa shape index (κ1) is 12.1. The molecule has 0 spiro atoms. The van der Waals surface area contributed by atoms with E-state index in [0.717, 1.165) is 18.8 Å². The highest BCUT2D eigenvalue weighted by Crippen LogP contribution is 2.24. The van der Waals surface area contributed by atoms with E-state index in [-0.39, 0.29) is 5.91 Å². The monoisotopic (exact) mass is 233 g/mol. The van der Waals surface area contributed by atoms with Gasteiger partial charge in [-0.25, -0.2) is 0 Å². The van der Waals surface area contributed by atoms with E-state index in [9.17, 15) is 4.79 Å². The van der Waals surface area contributed by atoms with Gasteiger partial charge in [-0.05, 0) is 25.6 Å². The molecule has 1 aliphatic rings. The maximum Gasteiger partial charge on any atom is 0.243 e. The van der Waals surface area contributed by atoms with E-state index in [1.165, 1.54) is 5.56 Å². The van der Waals surface area contributed by atoms with Crippen molar-refractivity contribution in [1.82, 2.24) is 4.90 Å².